The minimum Gasteiger partial charge on any atom is -0.496 e. The number of hydrogen-bond donors (Lipinski definition) is 2. The van der Waals surface area contributed by atoms with Crippen LogP contribution in [-0.4, -0.2) is 22.9 Å². The summed E-state index contributed by atoms with van der Waals surface area (Å²) < 4.78 is 5.24. The Morgan fingerprint density at radius 3 is 2.74 bits per heavy atom. The van der Waals surface area contributed by atoms with E-state index in [1.165, 1.54) is 0 Å². The second kappa shape index (κ2) is 6.19. The van der Waals surface area contributed by atoms with Crippen molar-refractivity contribution in [2.45, 2.75) is 10.9 Å². The molecule has 3 N–H and O–H groups in total. The zero-order valence-electron chi connectivity index (χ0n) is 10.5. The van der Waals surface area contributed by atoms with Gasteiger partial charge in [0.2, 0.25) is 0 Å². The highest BCUT2D eigenvalue weighted by Crippen LogP contribution is 2.24. The van der Waals surface area contributed by atoms with E-state index in [4.69, 9.17) is 15.9 Å². The minimum absolute atomic E-state index is 0.00226. The lowest BCUT2D eigenvalue weighted by atomic mass is 10.1. The van der Waals surface area contributed by atoms with Crippen LogP contribution < -0.4 is 10.5 Å². The van der Waals surface area contributed by atoms with E-state index in [9.17, 15) is 0 Å². The molecule has 0 saturated heterocycles. The molecule has 2 rings (SSSR count). The highest BCUT2D eigenvalue weighted by atomic mass is 32.2. The molecule has 0 radical (unpaired) electrons. The third-order valence-electron chi connectivity index (χ3n) is 2.47. The van der Waals surface area contributed by atoms with Gasteiger partial charge < -0.3 is 10.5 Å². The summed E-state index contributed by atoms with van der Waals surface area (Å²) in [6.07, 6.45) is 3.43. The van der Waals surface area contributed by atoms with Gasteiger partial charge in [-0.2, -0.15) is 0 Å². The maximum Gasteiger partial charge on any atom is 0.187 e. The van der Waals surface area contributed by atoms with Crippen molar-refractivity contribution < 1.29 is 4.74 Å². The van der Waals surface area contributed by atoms with Crippen molar-refractivity contribution in [3.63, 3.8) is 0 Å². The Hall–Kier alpha value is -2.08. The second-order valence-electron chi connectivity index (χ2n) is 3.77. The van der Waals surface area contributed by atoms with Crippen LogP contribution in [0.15, 0.2) is 41.8 Å². The van der Waals surface area contributed by atoms with Crippen molar-refractivity contribution in [3.8, 4) is 5.75 Å². The number of ether oxygens (including phenoxy) is 1. The fourth-order valence-corrected chi connectivity index (χ4v) is 2.30. The van der Waals surface area contributed by atoms with Crippen LogP contribution in [0.5, 0.6) is 5.75 Å². The summed E-state index contributed by atoms with van der Waals surface area (Å²) in [6.45, 7) is 0. The van der Waals surface area contributed by atoms with Gasteiger partial charge in [0.25, 0.3) is 0 Å². The van der Waals surface area contributed by atoms with Crippen molar-refractivity contribution in [1.82, 2.24) is 9.97 Å². The molecule has 1 aromatic heterocycles. The lowest BCUT2D eigenvalue weighted by molar-refractivity contribution is 0.413. The number of thioether (sulfide) groups is 1. The van der Waals surface area contributed by atoms with Gasteiger partial charge in [0.05, 0.1) is 12.7 Å². The summed E-state index contributed by atoms with van der Waals surface area (Å²) >= 11 is 1.54. The fourth-order valence-electron chi connectivity index (χ4n) is 1.56. The van der Waals surface area contributed by atoms with Gasteiger partial charge in [-0.15, -0.1) is 0 Å². The molecule has 2 aromatic rings. The zero-order valence-corrected chi connectivity index (χ0v) is 11.3. The summed E-state index contributed by atoms with van der Waals surface area (Å²) in [4.78, 5) is 8.30. The molecule has 6 heteroatoms. The summed E-state index contributed by atoms with van der Waals surface area (Å²) in [5, 5.41) is 8.19. The number of hydrogen-bond acceptors (Lipinski definition) is 5. The molecule has 0 fully saturated rings. The van der Waals surface area contributed by atoms with Crippen molar-refractivity contribution in [2.24, 2.45) is 5.73 Å². The normalized spacial score (nSPS) is 10.2. The molecular formula is C13H14N4OS. The predicted molar refractivity (Wildman–Crippen MR) is 75.6 cm³/mol. The number of aromatic nitrogens is 2. The van der Waals surface area contributed by atoms with Crippen molar-refractivity contribution in [2.75, 3.05) is 7.11 Å². The van der Waals surface area contributed by atoms with Crippen molar-refractivity contribution >= 4 is 17.6 Å². The van der Waals surface area contributed by atoms with E-state index in [1.807, 2.05) is 12.1 Å². The molecule has 0 atom stereocenters. The molecule has 0 aliphatic rings. The lowest BCUT2D eigenvalue weighted by Crippen LogP contribution is -2.12. The third-order valence-corrected chi connectivity index (χ3v) is 3.41. The third kappa shape index (κ3) is 3.45. The molecule has 0 bridgehead atoms. The van der Waals surface area contributed by atoms with E-state index in [0.29, 0.717) is 11.3 Å². The largest absolute Gasteiger partial charge is 0.496 e. The first-order chi connectivity index (χ1) is 9.20. The van der Waals surface area contributed by atoms with Crippen LogP contribution in [0.1, 0.15) is 11.1 Å². The average Bonchev–Trinajstić information content (AvgIpc) is 2.45. The second-order valence-corrected chi connectivity index (χ2v) is 4.71. The number of amidine groups is 1. The Morgan fingerprint density at radius 2 is 2.11 bits per heavy atom. The zero-order chi connectivity index (χ0) is 13.7. The smallest absolute Gasteiger partial charge is 0.187 e. The molecule has 98 valence electrons. The molecule has 0 aliphatic heterocycles. The van der Waals surface area contributed by atoms with Gasteiger partial charge in [-0.25, -0.2) is 9.97 Å². The van der Waals surface area contributed by atoms with Crippen LogP contribution >= 0.6 is 11.8 Å². The van der Waals surface area contributed by atoms with Gasteiger partial charge in [-0.1, -0.05) is 17.8 Å². The number of nitrogen functional groups attached to an aromatic ring is 1. The van der Waals surface area contributed by atoms with Crippen molar-refractivity contribution in [3.05, 3.63) is 47.8 Å². The van der Waals surface area contributed by atoms with Gasteiger partial charge in [0.1, 0.15) is 11.6 Å². The number of nitrogens with two attached hydrogens (primary N) is 1. The molecule has 0 aliphatic carbocycles. The molecule has 19 heavy (non-hydrogen) atoms. The van der Waals surface area contributed by atoms with Gasteiger partial charge in [0, 0.05) is 18.1 Å². The van der Waals surface area contributed by atoms with Gasteiger partial charge in [0.15, 0.2) is 5.16 Å². The highest BCUT2D eigenvalue weighted by molar-refractivity contribution is 7.98. The molecule has 1 aromatic carbocycles. The number of nitrogens with one attached hydrogen (secondary N) is 1. The molecule has 0 saturated carbocycles. The van der Waals surface area contributed by atoms with Crippen LogP contribution in [0, 0.1) is 5.41 Å². The molecule has 0 amide bonds. The Balaban J connectivity index is 2.11. The molecule has 0 unspecified atom stereocenters. The summed E-state index contributed by atoms with van der Waals surface area (Å²) in [5.74, 6) is 1.35. The van der Waals surface area contributed by atoms with E-state index in [1.54, 1.807) is 43.4 Å². The van der Waals surface area contributed by atoms with E-state index in [-0.39, 0.29) is 5.84 Å². The first kappa shape index (κ1) is 13.4. The maximum absolute atomic E-state index is 7.46. The lowest BCUT2D eigenvalue weighted by Gasteiger charge is -2.09. The van der Waals surface area contributed by atoms with Gasteiger partial charge in [-0.3, -0.25) is 5.41 Å². The minimum atomic E-state index is 0.00226. The van der Waals surface area contributed by atoms with Gasteiger partial charge >= 0.3 is 0 Å². The van der Waals surface area contributed by atoms with E-state index in [0.717, 1.165) is 16.5 Å². The quantitative estimate of drug-likeness (QED) is 0.377. The van der Waals surface area contributed by atoms with Crippen LogP contribution in [-0.2, 0) is 5.75 Å². The van der Waals surface area contributed by atoms with E-state index < -0.39 is 0 Å². The Bertz CT molecular complexity index is 574. The first-order valence-electron chi connectivity index (χ1n) is 5.62. The van der Waals surface area contributed by atoms with Crippen LogP contribution in [0.3, 0.4) is 0 Å². The molecule has 0 spiro atoms. The Kier molecular flexibility index (Phi) is 4.35. The van der Waals surface area contributed by atoms with E-state index in [2.05, 4.69) is 9.97 Å². The molecule has 1 heterocycles. The standard InChI is InChI=1S/C13H14N4OS/c1-18-11-7-9(3-4-10(11)12(14)15)8-19-13-16-5-2-6-17-13/h2-7H,8H2,1H3,(H3,14,15). The van der Waals surface area contributed by atoms with E-state index >= 15 is 0 Å². The average molecular weight is 274 g/mol. The number of rotatable bonds is 5. The van der Waals surface area contributed by atoms with Crippen LogP contribution in [0.25, 0.3) is 0 Å². The summed E-state index contributed by atoms with van der Waals surface area (Å²) in [7, 11) is 1.57. The summed E-state index contributed by atoms with van der Waals surface area (Å²) in [6, 6.07) is 7.39. The van der Waals surface area contributed by atoms with Crippen LogP contribution in [0.2, 0.25) is 0 Å². The van der Waals surface area contributed by atoms with Crippen LogP contribution in [0.4, 0.5) is 0 Å². The predicted octanol–water partition coefficient (Wildman–Crippen LogP) is 2.06. The van der Waals surface area contributed by atoms with Gasteiger partial charge in [-0.05, 0) is 23.8 Å². The first-order valence-corrected chi connectivity index (χ1v) is 6.60. The topological polar surface area (TPSA) is 84.9 Å². The highest BCUT2D eigenvalue weighted by Gasteiger charge is 2.07. The molecule has 5 nitrogen and oxygen atoms in total. The Morgan fingerprint density at radius 1 is 1.37 bits per heavy atom. The Labute approximate surface area is 115 Å². The number of nitrogens with zero attached hydrogens (tertiary/aromatic N) is 2. The maximum atomic E-state index is 7.46. The number of benzene rings is 1. The summed E-state index contributed by atoms with van der Waals surface area (Å²) in [5.41, 5.74) is 7.16. The fraction of sp³-hybridized carbons (Fsp3) is 0.154. The van der Waals surface area contributed by atoms with Crippen molar-refractivity contribution in [1.29, 1.82) is 5.41 Å². The SMILES string of the molecule is COc1cc(CSc2ncccn2)ccc1C(=N)N. The number of methoxy groups -OCH3 is 1. The molecular weight excluding hydrogens is 260 g/mol. The monoisotopic (exact) mass is 274 g/mol.